The Morgan fingerprint density at radius 2 is 1.97 bits per heavy atom. The summed E-state index contributed by atoms with van der Waals surface area (Å²) in [5.74, 6) is 1.15. The zero-order chi connectivity index (χ0) is 21.6. The van der Waals surface area contributed by atoms with Gasteiger partial charge in [0, 0.05) is 19.6 Å². The van der Waals surface area contributed by atoms with E-state index in [2.05, 4.69) is 5.32 Å². The number of nitrogens with one attached hydrogen (secondary N) is 1. The van der Waals surface area contributed by atoms with Gasteiger partial charge in [0.1, 0.15) is 11.5 Å². The predicted molar refractivity (Wildman–Crippen MR) is 115 cm³/mol. The minimum Gasteiger partial charge on any atom is -0.497 e. The highest BCUT2D eigenvalue weighted by molar-refractivity contribution is 7.89. The number of carbonyl (C=O) groups is 1. The number of fused-ring (bicyclic) bond motifs is 1. The van der Waals surface area contributed by atoms with Crippen LogP contribution in [0.1, 0.15) is 23.1 Å². The van der Waals surface area contributed by atoms with Crippen molar-refractivity contribution in [2.45, 2.75) is 26.3 Å². The van der Waals surface area contributed by atoms with Gasteiger partial charge in [0.25, 0.3) is 5.91 Å². The Hall–Kier alpha value is -2.58. The van der Waals surface area contributed by atoms with Crippen molar-refractivity contribution in [1.82, 2.24) is 9.62 Å². The quantitative estimate of drug-likeness (QED) is 0.615. The van der Waals surface area contributed by atoms with E-state index >= 15 is 0 Å². The van der Waals surface area contributed by atoms with Crippen molar-refractivity contribution < 1.29 is 22.7 Å². The van der Waals surface area contributed by atoms with Crippen LogP contribution in [0.5, 0.6) is 11.5 Å². The van der Waals surface area contributed by atoms with Crippen LogP contribution in [0.2, 0.25) is 0 Å². The molecule has 7 nitrogen and oxygen atoms in total. The maximum Gasteiger partial charge on any atom is 0.257 e. The molecule has 1 N–H and O–H groups in total. The molecule has 0 aromatic heterocycles. The first-order valence-corrected chi connectivity index (χ1v) is 11.6. The number of amides is 1. The van der Waals surface area contributed by atoms with Gasteiger partial charge in [-0.25, -0.2) is 8.42 Å². The predicted octanol–water partition coefficient (Wildman–Crippen LogP) is 2.28. The van der Waals surface area contributed by atoms with Gasteiger partial charge in [0.2, 0.25) is 10.0 Å². The maximum absolute atomic E-state index is 12.7. The summed E-state index contributed by atoms with van der Waals surface area (Å²) in [4.78, 5) is 11.9. The monoisotopic (exact) mass is 432 g/mol. The lowest BCUT2D eigenvalue weighted by molar-refractivity contribution is -0.123. The van der Waals surface area contributed by atoms with Gasteiger partial charge in [-0.3, -0.25) is 4.79 Å². The Morgan fingerprint density at radius 3 is 2.73 bits per heavy atom. The number of benzene rings is 2. The number of hydrogen-bond donors (Lipinski definition) is 1. The van der Waals surface area contributed by atoms with Gasteiger partial charge in [-0.2, -0.15) is 4.31 Å². The molecule has 1 aliphatic rings. The lowest BCUT2D eigenvalue weighted by atomic mass is 10.0. The fourth-order valence-corrected chi connectivity index (χ4v) is 4.86. The molecule has 1 amide bonds. The third kappa shape index (κ3) is 5.96. The summed E-state index contributed by atoms with van der Waals surface area (Å²) in [6, 6.07) is 13.2. The maximum atomic E-state index is 12.7. The van der Waals surface area contributed by atoms with Gasteiger partial charge >= 0.3 is 0 Å². The average Bonchev–Trinajstić information content (AvgIpc) is 2.74. The number of ether oxygens (including phenoxy) is 2. The molecule has 162 valence electrons. The number of aryl methyl sites for hydroxylation is 1. The second-order valence-electron chi connectivity index (χ2n) is 7.34. The summed E-state index contributed by atoms with van der Waals surface area (Å²) in [6.07, 6.45) is 1.02. The fourth-order valence-electron chi connectivity index (χ4n) is 3.38. The summed E-state index contributed by atoms with van der Waals surface area (Å²) in [7, 11) is -1.76. The first kappa shape index (κ1) is 22.1. The second kappa shape index (κ2) is 9.95. The molecular formula is C22H28N2O5S. The molecule has 0 saturated carbocycles. The molecule has 1 heterocycles. The Labute approximate surface area is 178 Å². The SMILES string of the molecule is COc1ccc2c(c1)CCN(S(=O)(=O)CCCNC(=O)COc1cccc(C)c1)C2. The van der Waals surface area contributed by atoms with Gasteiger partial charge < -0.3 is 14.8 Å². The first-order valence-electron chi connectivity index (χ1n) is 9.97. The molecule has 0 spiro atoms. The number of methoxy groups -OCH3 is 1. The lowest BCUT2D eigenvalue weighted by Gasteiger charge is -2.28. The molecule has 0 bridgehead atoms. The highest BCUT2D eigenvalue weighted by atomic mass is 32.2. The minimum atomic E-state index is -3.38. The molecule has 0 radical (unpaired) electrons. The molecule has 0 aliphatic carbocycles. The number of nitrogens with zero attached hydrogens (tertiary/aromatic N) is 1. The van der Waals surface area contributed by atoms with Crippen LogP contribution in [0.3, 0.4) is 0 Å². The van der Waals surface area contributed by atoms with Crippen molar-refractivity contribution in [2.24, 2.45) is 0 Å². The molecule has 3 rings (SSSR count). The van der Waals surface area contributed by atoms with Gasteiger partial charge in [-0.05, 0) is 60.7 Å². The van der Waals surface area contributed by atoms with Crippen LogP contribution >= 0.6 is 0 Å². The van der Waals surface area contributed by atoms with Crippen molar-refractivity contribution in [3.8, 4) is 11.5 Å². The summed E-state index contributed by atoms with van der Waals surface area (Å²) >= 11 is 0. The molecule has 2 aromatic carbocycles. The summed E-state index contributed by atoms with van der Waals surface area (Å²) in [5.41, 5.74) is 3.19. The molecule has 0 fully saturated rings. The lowest BCUT2D eigenvalue weighted by Crippen LogP contribution is -2.38. The van der Waals surface area contributed by atoms with Crippen LogP contribution in [-0.4, -0.2) is 51.2 Å². The number of rotatable bonds is 9. The van der Waals surface area contributed by atoms with Crippen molar-refractivity contribution in [1.29, 1.82) is 0 Å². The largest absolute Gasteiger partial charge is 0.497 e. The van der Waals surface area contributed by atoms with Crippen molar-refractivity contribution in [2.75, 3.05) is 32.6 Å². The Bertz CT molecular complexity index is 991. The van der Waals surface area contributed by atoms with Crippen LogP contribution in [0.25, 0.3) is 0 Å². The Morgan fingerprint density at radius 1 is 1.13 bits per heavy atom. The van der Waals surface area contributed by atoms with E-state index in [4.69, 9.17) is 9.47 Å². The third-order valence-corrected chi connectivity index (χ3v) is 6.95. The number of hydrogen-bond acceptors (Lipinski definition) is 5. The number of sulfonamides is 1. The molecule has 2 aromatic rings. The fraction of sp³-hybridized carbons (Fsp3) is 0.409. The standard InChI is InChI=1S/C22H28N2O5S/c1-17-5-3-6-21(13-17)29-16-22(25)23-10-4-12-30(26,27)24-11-9-18-14-20(28-2)8-7-19(18)15-24/h3,5-8,13-14H,4,9-12,15-16H2,1-2H3,(H,23,25). The Balaban J connectivity index is 1.41. The molecule has 30 heavy (non-hydrogen) atoms. The summed E-state index contributed by atoms with van der Waals surface area (Å²) in [5, 5.41) is 2.71. The van der Waals surface area contributed by atoms with E-state index in [1.165, 1.54) is 4.31 Å². The minimum absolute atomic E-state index is 0.00248. The Kier molecular flexibility index (Phi) is 7.33. The van der Waals surface area contributed by atoms with Crippen LogP contribution < -0.4 is 14.8 Å². The van der Waals surface area contributed by atoms with Gasteiger partial charge in [-0.15, -0.1) is 0 Å². The average molecular weight is 433 g/mol. The van der Waals surface area contributed by atoms with Crippen LogP contribution in [-0.2, 0) is 27.8 Å². The van der Waals surface area contributed by atoms with Crippen LogP contribution in [0, 0.1) is 6.92 Å². The van der Waals surface area contributed by atoms with E-state index in [1.54, 1.807) is 13.2 Å². The number of carbonyl (C=O) groups excluding carboxylic acids is 1. The highest BCUT2D eigenvalue weighted by Crippen LogP contribution is 2.25. The van der Waals surface area contributed by atoms with E-state index in [1.807, 2.05) is 43.3 Å². The third-order valence-electron chi connectivity index (χ3n) is 5.04. The van der Waals surface area contributed by atoms with E-state index in [0.29, 0.717) is 31.7 Å². The zero-order valence-corrected chi connectivity index (χ0v) is 18.2. The van der Waals surface area contributed by atoms with Crippen LogP contribution in [0.15, 0.2) is 42.5 Å². The zero-order valence-electron chi connectivity index (χ0n) is 17.4. The van der Waals surface area contributed by atoms with Gasteiger partial charge in [0.15, 0.2) is 6.61 Å². The molecule has 0 atom stereocenters. The molecule has 0 unspecified atom stereocenters. The van der Waals surface area contributed by atoms with Crippen molar-refractivity contribution >= 4 is 15.9 Å². The second-order valence-corrected chi connectivity index (χ2v) is 9.43. The normalized spacial score (nSPS) is 14.1. The van der Waals surface area contributed by atoms with E-state index in [-0.39, 0.29) is 24.8 Å². The molecule has 1 aliphatic heterocycles. The topological polar surface area (TPSA) is 84.9 Å². The van der Waals surface area contributed by atoms with Crippen LogP contribution in [0.4, 0.5) is 0 Å². The molecule has 0 saturated heterocycles. The van der Waals surface area contributed by atoms with E-state index in [9.17, 15) is 13.2 Å². The first-order chi connectivity index (χ1) is 14.4. The van der Waals surface area contributed by atoms with E-state index < -0.39 is 10.0 Å². The van der Waals surface area contributed by atoms with Gasteiger partial charge in [-0.1, -0.05) is 18.2 Å². The van der Waals surface area contributed by atoms with E-state index in [0.717, 1.165) is 22.4 Å². The van der Waals surface area contributed by atoms with Gasteiger partial charge in [0.05, 0.1) is 12.9 Å². The molecular weight excluding hydrogens is 404 g/mol. The summed E-state index contributed by atoms with van der Waals surface area (Å²) < 4.78 is 37.5. The van der Waals surface area contributed by atoms with Crippen molar-refractivity contribution in [3.05, 3.63) is 59.2 Å². The smallest absolute Gasteiger partial charge is 0.257 e. The highest BCUT2D eigenvalue weighted by Gasteiger charge is 2.26. The molecule has 8 heteroatoms. The summed E-state index contributed by atoms with van der Waals surface area (Å²) in [6.45, 7) is 2.97. The van der Waals surface area contributed by atoms with Crippen molar-refractivity contribution in [3.63, 3.8) is 0 Å².